The zero-order valence-corrected chi connectivity index (χ0v) is 11.6. The van der Waals surface area contributed by atoms with Gasteiger partial charge in [-0.25, -0.2) is 0 Å². The summed E-state index contributed by atoms with van der Waals surface area (Å²) in [4.78, 5) is 2.79. The zero-order valence-electron chi connectivity index (χ0n) is 13.6. The molecule has 1 unspecified atom stereocenters. The summed E-state index contributed by atoms with van der Waals surface area (Å²) in [5.74, 6) is 1.56. The van der Waals surface area contributed by atoms with Crippen LogP contribution in [0.5, 0.6) is 0 Å². The lowest BCUT2D eigenvalue weighted by Crippen LogP contribution is -2.70. The molecule has 102 valence electrons. The third-order valence-corrected chi connectivity index (χ3v) is 6.39. The molecule has 4 fully saturated rings. The van der Waals surface area contributed by atoms with Gasteiger partial charge in [0.15, 0.2) is 0 Å². The summed E-state index contributed by atoms with van der Waals surface area (Å²) in [7, 11) is 0. The van der Waals surface area contributed by atoms with Crippen molar-refractivity contribution in [3.63, 3.8) is 0 Å². The molecule has 4 rings (SSSR count). The molecule has 4 aliphatic rings. The maximum Gasteiger partial charge on any atom is 0.0929 e. The normalized spacial score (nSPS) is 55.8. The highest BCUT2D eigenvalue weighted by Gasteiger charge is 2.53. The molecule has 0 radical (unpaired) electrons. The van der Waals surface area contributed by atoms with E-state index < -0.39 is 7.00 Å². The van der Waals surface area contributed by atoms with Crippen LogP contribution in [0.3, 0.4) is 0 Å². The fraction of sp³-hybridized carbons (Fsp3) is 1.00. The van der Waals surface area contributed by atoms with Gasteiger partial charge in [-0.05, 0) is 45.1 Å². The molecule has 2 nitrogen and oxygen atoms in total. The SMILES string of the molecule is [2H][C@H]([3H])[N+]12CCCC[C@@H]1[C@H]1C[C@@H](C2)[C@H]2CCCCN2C1. The summed E-state index contributed by atoms with van der Waals surface area (Å²) < 4.78 is 17.3. The van der Waals surface area contributed by atoms with Crippen LogP contribution < -0.4 is 0 Å². The van der Waals surface area contributed by atoms with E-state index in [9.17, 15) is 0 Å². The van der Waals surface area contributed by atoms with E-state index in [2.05, 4.69) is 4.90 Å². The molecule has 4 heterocycles. The van der Waals surface area contributed by atoms with E-state index in [0.29, 0.717) is 6.04 Å². The highest BCUT2D eigenvalue weighted by molar-refractivity contribution is 4.96. The van der Waals surface area contributed by atoms with Crippen molar-refractivity contribution in [2.75, 3.05) is 33.2 Å². The minimum atomic E-state index is -0.652. The fourth-order valence-electron chi connectivity index (χ4n) is 5.68. The van der Waals surface area contributed by atoms with Crippen LogP contribution in [0.25, 0.3) is 0 Å². The van der Waals surface area contributed by atoms with E-state index in [1.165, 1.54) is 58.0 Å². The zero-order chi connectivity index (χ0) is 13.7. The summed E-state index contributed by atoms with van der Waals surface area (Å²) >= 11 is 0. The summed E-state index contributed by atoms with van der Waals surface area (Å²) in [6.07, 6.45) is 9.43. The predicted octanol–water partition coefficient (Wildman–Crippen LogP) is 2.49. The quantitative estimate of drug-likeness (QED) is 0.599. The van der Waals surface area contributed by atoms with Gasteiger partial charge in [0.25, 0.3) is 0 Å². The number of nitrogens with zero attached hydrogens (tertiary/aromatic N) is 2. The van der Waals surface area contributed by atoms with Gasteiger partial charge < -0.3 is 4.48 Å². The van der Waals surface area contributed by atoms with Gasteiger partial charge in [-0.2, -0.15) is 0 Å². The average Bonchev–Trinajstić information content (AvgIpc) is 2.47. The Kier molecular flexibility index (Phi) is 2.28. The van der Waals surface area contributed by atoms with Crippen LogP contribution in [0.2, 0.25) is 0 Å². The van der Waals surface area contributed by atoms with Crippen LogP contribution in [0.4, 0.5) is 0 Å². The van der Waals surface area contributed by atoms with E-state index in [0.717, 1.165) is 35.5 Å². The molecule has 4 aliphatic heterocycles. The summed E-state index contributed by atoms with van der Waals surface area (Å²) in [6, 6.07) is 1.42. The molecule has 2 bridgehead atoms. The van der Waals surface area contributed by atoms with Crippen LogP contribution in [0.1, 0.15) is 47.7 Å². The van der Waals surface area contributed by atoms with E-state index in [1.807, 2.05) is 0 Å². The third-order valence-electron chi connectivity index (χ3n) is 6.39. The van der Waals surface area contributed by atoms with Crippen molar-refractivity contribution >= 4 is 0 Å². The van der Waals surface area contributed by atoms with E-state index in [-0.39, 0.29) is 0 Å². The fourth-order valence-corrected chi connectivity index (χ4v) is 5.68. The second-order valence-electron chi connectivity index (χ2n) is 7.39. The lowest BCUT2D eigenvalue weighted by Gasteiger charge is -2.60. The Balaban J connectivity index is 1.65. The largest absolute Gasteiger partial charge is 0.323 e. The average molecular weight is 252 g/mol. The summed E-state index contributed by atoms with van der Waals surface area (Å²) in [5, 5.41) is 0. The standard InChI is InChI=1S/C16H29N2/c1-18-9-5-3-7-16(18)13-10-14(12-18)15-6-2-4-8-17(15)11-13/h13-16H,2-12H2,1H3/q+1/t13-,14-,15+,16+,18?/m0/s1/i1TD/t1-,13+,14+,15-,16-,18?/m1. The Bertz CT molecular complexity index is 375. The molecule has 0 N–H and O–H groups in total. The molecule has 0 aromatic heterocycles. The van der Waals surface area contributed by atoms with Gasteiger partial charge in [0.1, 0.15) is 0 Å². The van der Waals surface area contributed by atoms with Crippen molar-refractivity contribution in [1.82, 2.24) is 4.90 Å². The Morgan fingerprint density at radius 1 is 1.22 bits per heavy atom. The molecular formula is C16H29N2+. The molecule has 18 heavy (non-hydrogen) atoms. The van der Waals surface area contributed by atoms with Crippen LogP contribution in [0, 0.1) is 11.8 Å². The number of piperidine rings is 4. The van der Waals surface area contributed by atoms with Gasteiger partial charge in [0, 0.05) is 24.4 Å². The Morgan fingerprint density at radius 3 is 3.11 bits per heavy atom. The molecule has 6 atom stereocenters. The van der Waals surface area contributed by atoms with Gasteiger partial charge in [0.2, 0.25) is 0 Å². The minimum absolute atomic E-state index is 0.628. The predicted molar refractivity (Wildman–Crippen MR) is 74.4 cm³/mol. The Hall–Kier alpha value is -0.0800. The van der Waals surface area contributed by atoms with Crippen molar-refractivity contribution in [3.8, 4) is 0 Å². The van der Waals surface area contributed by atoms with Crippen LogP contribution in [-0.4, -0.2) is 54.6 Å². The molecule has 0 saturated carbocycles. The minimum Gasteiger partial charge on any atom is -0.323 e. The van der Waals surface area contributed by atoms with Crippen LogP contribution in [0.15, 0.2) is 0 Å². The molecule has 0 aromatic carbocycles. The second kappa shape index (κ2) is 4.21. The van der Waals surface area contributed by atoms with Gasteiger partial charge in [-0.3, -0.25) is 4.90 Å². The number of fused-ring (bicyclic) bond motifs is 6. The number of hydrogen-bond donors (Lipinski definition) is 0. The first kappa shape index (κ1) is 9.77. The molecular weight excluding hydrogens is 220 g/mol. The number of rotatable bonds is 0. The molecule has 0 amide bonds. The summed E-state index contributed by atoms with van der Waals surface area (Å²) in [5.41, 5.74) is 0. The van der Waals surface area contributed by atoms with Crippen molar-refractivity contribution < 1.29 is 7.22 Å². The first-order valence-corrected chi connectivity index (χ1v) is 8.16. The monoisotopic (exact) mass is 252 g/mol. The molecule has 0 aromatic rings. The molecule has 0 spiro atoms. The lowest BCUT2D eigenvalue weighted by molar-refractivity contribution is -0.951. The Morgan fingerprint density at radius 2 is 2.17 bits per heavy atom. The number of quaternary nitrogens is 1. The molecule has 4 saturated heterocycles. The van der Waals surface area contributed by atoms with E-state index >= 15 is 0 Å². The van der Waals surface area contributed by atoms with Crippen molar-refractivity contribution in [2.45, 2.75) is 57.0 Å². The van der Waals surface area contributed by atoms with E-state index in [1.54, 1.807) is 0 Å². The first-order chi connectivity index (χ1) is 9.71. The highest BCUT2D eigenvalue weighted by Crippen LogP contribution is 2.45. The summed E-state index contributed by atoms with van der Waals surface area (Å²) in [6.45, 7) is 4.19. The third kappa shape index (κ3) is 1.68. The van der Waals surface area contributed by atoms with Crippen molar-refractivity contribution in [3.05, 3.63) is 0 Å². The number of hydrogen-bond acceptors (Lipinski definition) is 1. The van der Waals surface area contributed by atoms with Crippen molar-refractivity contribution in [1.29, 1.82) is 0 Å². The molecule has 2 heteroatoms. The topological polar surface area (TPSA) is 3.24 Å². The maximum atomic E-state index is 8.22. The molecule has 0 aliphatic carbocycles. The second-order valence-corrected chi connectivity index (χ2v) is 7.39. The van der Waals surface area contributed by atoms with Gasteiger partial charge in [-0.1, -0.05) is 6.42 Å². The van der Waals surface area contributed by atoms with Crippen LogP contribution in [-0.2, 0) is 0 Å². The Labute approximate surface area is 115 Å². The smallest absolute Gasteiger partial charge is 0.0929 e. The maximum absolute atomic E-state index is 8.22. The lowest BCUT2D eigenvalue weighted by atomic mass is 9.70. The van der Waals surface area contributed by atoms with Gasteiger partial charge in [-0.15, -0.1) is 0 Å². The highest BCUT2D eigenvalue weighted by atomic mass is 15.4. The van der Waals surface area contributed by atoms with Gasteiger partial charge >= 0.3 is 0 Å². The first-order valence-electron chi connectivity index (χ1n) is 9.31. The van der Waals surface area contributed by atoms with Crippen LogP contribution >= 0.6 is 0 Å². The van der Waals surface area contributed by atoms with Crippen molar-refractivity contribution in [2.24, 2.45) is 11.8 Å². The van der Waals surface area contributed by atoms with Gasteiger partial charge in [0.05, 0.1) is 28.9 Å². The van der Waals surface area contributed by atoms with E-state index in [4.69, 9.17) is 2.74 Å².